The van der Waals surface area contributed by atoms with Gasteiger partial charge in [-0.25, -0.2) is 18.1 Å². The largest absolute Gasteiger partial charge is 0.354 e. The zero-order chi connectivity index (χ0) is 13.9. The van der Waals surface area contributed by atoms with Crippen molar-refractivity contribution in [3.05, 3.63) is 17.8 Å². The predicted molar refractivity (Wildman–Crippen MR) is 75.9 cm³/mol. The monoisotopic (exact) mass is 283 g/mol. The van der Waals surface area contributed by atoms with Crippen molar-refractivity contribution >= 4 is 15.8 Å². The number of sulfonamides is 1. The third-order valence-corrected chi connectivity index (χ3v) is 4.73. The van der Waals surface area contributed by atoms with E-state index in [9.17, 15) is 8.42 Å². The molecule has 0 radical (unpaired) electrons. The number of anilines is 1. The van der Waals surface area contributed by atoms with Gasteiger partial charge in [0.1, 0.15) is 10.7 Å². The number of rotatable bonds is 4. The summed E-state index contributed by atoms with van der Waals surface area (Å²) in [5, 5.41) is 0. The highest BCUT2D eigenvalue weighted by atomic mass is 32.2. The lowest BCUT2D eigenvalue weighted by Gasteiger charge is -2.22. The molecule has 0 fully saturated rings. The average molecular weight is 283 g/mol. The first kappa shape index (κ1) is 14.3. The van der Waals surface area contributed by atoms with Crippen molar-refractivity contribution in [2.45, 2.75) is 38.0 Å². The van der Waals surface area contributed by atoms with E-state index in [1.165, 1.54) is 0 Å². The van der Waals surface area contributed by atoms with Crippen molar-refractivity contribution in [1.29, 1.82) is 0 Å². The van der Waals surface area contributed by atoms with Gasteiger partial charge in [0.15, 0.2) is 0 Å². The van der Waals surface area contributed by atoms with Gasteiger partial charge in [-0.1, -0.05) is 19.8 Å². The minimum atomic E-state index is -3.42. The number of aromatic nitrogens is 1. The normalized spacial score (nSPS) is 17.9. The van der Waals surface area contributed by atoms with E-state index in [1.54, 1.807) is 12.3 Å². The Labute approximate surface area is 115 Å². The molecule has 0 atom stereocenters. The molecule has 0 unspecified atom stereocenters. The van der Waals surface area contributed by atoms with Gasteiger partial charge in [0, 0.05) is 25.8 Å². The SMILES string of the molecule is CCCCCN1CCNS(=O)(=O)c2cc(C)cnc21. The minimum Gasteiger partial charge on any atom is -0.354 e. The van der Waals surface area contributed by atoms with Crippen LogP contribution in [0.4, 0.5) is 5.82 Å². The van der Waals surface area contributed by atoms with Crippen molar-refractivity contribution in [1.82, 2.24) is 9.71 Å². The Balaban J connectivity index is 2.34. The van der Waals surface area contributed by atoms with Crippen LogP contribution in [0.1, 0.15) is 31.7 Å². The molecule has 5 nitrogen and oxygen atoms in total. The molecular weight excluding hydrogens is 262 g/mol. The maximum Gasteiger partial charge on any atom is 0.244 e. The molecule has 1 aromatic heterocycles. The van der Waals surface area contributed by atoms with Crippen LogP contribution in [0.25, 0.3) is 0 Å². The minimum absolute atomic E-state index is 0.307. The maximum absolute atomic E-state index is 12.1. The van der Waals surface area contributed by atoms with Crippen molar-refractivity contribution in [2.75, 3.05) is 24.5 Å². The number of unbranched alkanes of at least 4 members (excludes halogenated alkanes) is 2. The number of aryl methyl sites for hydroxylation is 1. The van der Waals surface area contributed by atoms with Gasteiger partial charge in [-0.05, 0) is 25.0 Å². The summed E-state index contributed by atoms with van der Waals surface area (Å²) in [6.45, 7) is 5.98. The molecule has 1 aliphatic rings. The first-order valence-electron chi connectivity index (χ1n) is 6.76. The van der Waals surface area contributed by atoms with E-state index in [-0.39, 0.29) is 0 Å². The number of hydrogen-bond acceptors (Lipinski definition) is 4. The molecule has 0 amide bonds. The Bertz CT molecular complexity index is 543. The van der Waals surface area contributed by atoms with E-state index >= 15 is 0 Å². The molecule has 19 heavy (non-hydrogen) atoms. The second kappa shape index (κ2) is 5.88. The molecule has 0 spiro atoms. The van der Waals surface area contributed by atoms with E-state index in [0.29, 0.717) is 23.8 Å². The quantitative estimate of drug-likeness (QED) is 0.854. The van der Waals surface area contributed by atoms with Crippen LogP contribution in [-0.2, 0) is 10.0 Å². The molecule has 1 aromatic rings. The second-order valence-electron chi connectivity index (χ2n) is 4.93. The van der Waals surface area contributed by atoms with Crippen molar-refractivity contribution in [3.8, 4) is 0 Å². The summed E-state index contributed by atoms with van der Waals surface area (Å²) >= 11 is 0. The van der Waals surface area contributed by atoms with E-state index < -0.39 is 10.0 Å². The molecule has 0 saturated carbocycles. The molecule has 0 aliphatic carbocycles. The van der Waals surface area contributed by atoms with Crippen molar-refractivity contribution in [3.63, 3.8) is 0 Å². The van der Waals surface area contributed by atoms with Gasteiger partial charge in [0.05, 0.1) is 0 Å². The van der Waals surface area contributed by atoms with E-state index in [2.05, 4.69) is 21.5 Å². The topological polar surface area (TPSA) is 62.3 Å². The van der Waals surface area contributed by atoms with Crippen molar-refractivity contribution < 1.29 is 8.42 Å². The molecule has 2 rings (SSSR count). The van der Waals surface area contributed by atoms with E-state index in [0.717, 1.165) is 31.4 Å². The highest BCUT2D eigenvalue weighted by Gasteiger charge is 2.26. The molecule has 1 N–H and O–H groups in total. The summed E-state index contributed by atoms with van der Waals surface area (Å²) in [5.74, 6) is 0.590. The van der Waals surface area contributed by atoms with Crippen LogP contribution in [0.3, 0.4) is 0 Å². The van der Waals surface area contributed by atoms with Gasteiger partial charge in [-0.2, -0.15) is 0 Å². The van der Waals surface area contributed by atoms with Crippen molar-refractivity contribution in [2.24, 2.45) is 0 Å². The Kier molecular flexibility index (Phi) is 4.42. The molecular formula is C13H21N3O2S. The lowest BCUT2D eigenvalue weighted by atomic mass is 10.2. The summed E-state index contributed by atoms with van der Waals surface area (Å²) in [7, 11) is -3.42. The average Bonchev–Trinajstić information content (AvgIpc) is 2.48. The molecule has 1 aliphatic heterocycles. The Morgan fingerprint density at radius 2 is 2.21 bits per heavy atom. The highest BCUT2D eigenvalue weighted by Crippen LogP contribution is 2.25. The van der Waals surface area contributed by atoms with Gasteiger partial charge < -0.3 is 4.90 Å². The van der Waals surface area contributed by atoms with Crippen LogP contribution < -0.4 is 9.62 Å². The number of nitrogens with one attached hydrogen (secondary N) is 1. The van der Waals surface area contributed by atoms with Gasteiger partial charge in [0.25, 0.3) is 0 Å². The summed E-state index contributed by atoms with van der Waals surface area (Å²) in [5.41, 5.74) is 0.861. The lowest BCUT2D eigenvalue weighted by molar-refractivity contribution is 0.584. The van der Waals surface area contributed by atoms with Gasteiger partial charge in [-0.15, -0.1) is 0 Å². The summed E-state index contributed by atoms with van der Waals surface area (Å²) in [6, 6.07) is 1.70. The predicted octanol–water partition coefficient (Wildman–Crippen LogP) is 1.68. The Morgan fingerprint density at radius 1 is 1.42 bits per heavy atom. The van der Waals surface area contributed by atoms with Crippen LogP contribution in [0, 0.1) is 6.92 Å². The molecule has 0 aromatic carbocycles. The standard InChI is InChI=1S/C13H21N3O2S/c1-3-4-5-7-16-8-6-15-19(17,18)12-9-11(2)10-14-13(12)16/h9-10,15H,3-8H2,1-2H3. The Morgan fingerprint density at radius 3 is 2.95 bits per heavy atom. The van der Waals surface area contributed by atoms with Gasteiger partial charge >= 0.3 is 0 Å². The number of pyridine rings is 1. The fourth-order valence-corrected chi connectivity index (χ4v) is 3.52. The highest BCUT2D eigenvalue weighted by molar-refractivity contribution is 7.89. The molecule has 2 heterocycles. The fourth-order valence-electron chi connectivity index (χ4n) is 2.24. The zero-order valence-corrected chi connectivity index (χ0v) is 12.3. The van der Waals surface area contributed by atoms with Crippen LogP contribution in [0.5, 0.6) is 0 Å². The lowest BCUT2D eigenvalue weighted by Crippen LogP contribution is -2.31. The van der Waals surface area contributed by atoms with Gasteiger partial charge in [-0.3, -0.25) is 0 Å². The Hall–Kier alpha value is -1.14. The summed E-state index contributed by atoms with van der Waals surface area (Å²) in [4.78, 5) is 6.72. The smallest absolute Gasteiger partial charge is 0.244 e. The molecule has 0 bridgehead atoms. The third-order valence-electron chi connectivity index (χ3n) is 3.26. The van der Waals surface area contributed by atoms with Crippen LogP contribution >= 0.6 is 0 Å². The van der Waals surface area contributed by atoms with E-state index in [4.69, 9.17) is 0 Å². The number of hydrogen-bond donors (Lipinski definition) is 1. The first-order valence-corrected chi connectivity index (χ1v) is 8.24. The second-order valence-corrected chi connectivity index (χ2v) is 6.66. The number of fused-ring (bicyclic) bond motifs is 1. The summed E-state index contributed by atoms with van der Waals surface area (Å²) in [6.07, 6.45) is 5.09. The van der Waals surface area contributed by atoms with Crippen LogP contribution in [0.2, 0.25) is 0 Å². The van der Waals surface area contributed by atoms with Crippen LogP contribution in [0.15, 0.2) is 17.2 Å². The molecule has 0 saturated heterocycles. The van der Waals surface area contributed by atoms with Crippen LogP contribution in [-0.4, -0.2) is 33.0 Å². The first-order chi connectivity index (χ1) is 9.04. The summed E-state index contributed by atoms with van der Waals surface area (Å²) < 4.78 is 26.9. The third kappa shape index (κ3) is 3.25. The van der Waals surface area contributed by atoms with E-state index in [1.807, 2.05) is 6.92 Å². The molecule has 6 heteroatoms. The zero-order valence-electron chi connectivity index (χ0n) is 11.5. The maximum atomic E-state index is 12.1. The number of nitrogens with zero attached hydrogens (tertiary/aromatic N) is 2. The molecule has 106 valence electrons. The fraction of sp³-hybridized carbons (Fsp3) is 0.615. The van der Waals surface area contributed by atoms with Gasteiger partial charge in [0.2, 0.25) is 10.0 Å².